The lowest BCUT2D eigenvalue weighted by molar-refractivity contribution is -0.825. The maximum Gasteiger partial charge on any atom is 0.348 e. The minimum Gasteiger partial charge on any atom is -0.456 e. The highest BCUT2D eigenvalue weighted by Crippen LogP contribution is 2.18. The van der Waals surface area contributed by atoms with Crippen molar-refractivity contribution in [3.63, 3.8) is 0 Å². The molecule has 126 valence electrons. The van der Waals surface area contributed by atoms with Crippen LogP contribution in [0.3, 0.4) is 0 Å². The maximum atomic E-state index is 11.8. The summed E-state index contributed by atoms with van der Waals surface area (Å²) in [4.78, 5) is 24.2. The van der Waals surface area contributed by atoms with Crippen LogP contribution in [0.25, 0.3) is 5.76 Å². The average molecular weight is 352 g/mol. The van der Waals surface area contributed by atoms with Gasteiger partial charge in [-0.2, -0.15) is 10.6 Å². The summed E-state index contributed by atoms with van der Waals surface area (Å²) in [6.07, 6.45) is 1.21. The molecule has 1 heterocycles. The van der Waals surface area contributed by atoms with Gasteiger partial charge in [0.15, 0.2) is 5.69 Å². The number of ether oxygens (including phenoxy) is 1. The van der Waals surface area contributed by atoms with Crippen molar-refractivity contribution in [3.05, 3.63) is 48.7 Å². The van der Waals surface area contributed by atoms with E-state index >= 15 is 0 Å². The number of halogens is 1. The van der Waals surface area contributed by atoms with E-state index in [1.165, 1.54) is 6.21 Å². The molecular weight excluding hydrogens is 336 g/mol. The van der Waals surface area contributed by atoms with Crippen molar-refractivity contribution in [2.75, 3.05) is 12.5 Å². The van der Waals surface area contributed by atoms with E-state index < -0.39 is 11.9 Å². The normalized spacial score (nSPS) is 14.6. The van der Waals surface area contributed by atoms with Crippen molar-refractivity contribution >= 4 is 41.2 Å². The zero-order chi connectivity index (χ0) is 17.7. The van der Waals surface area contributed by atoms with Gasteiger partial charge in [0.25, 0.3) is 5.91 Å². The topological polar surface area (TPSA) is 99.1 Å². The van der Waals surface area contributed by atoms with Crippen molar-refractivity contribution in [2.45, 2.75) is 0 Å². The zero-order valence-electron chi connectivity index (χ0n) is 12.7. The SMILES string of the molecule is C=C(/C=N/N1CC(=O)N(CCl)C1=O)OC(=C)c1ccc([NH2+]O)cc1. The van der Waals surface area contributed by atoms with Gasteiger partial charge >= 0.3 is 6.03 Å². The molecular formula is C15H16ClN4O4+. The van der Waals surface area contributed by atoms with Crippen LogP contribution >= 0.6 is 11.6 Å². The average Bonchev–Trinajstić information content (AvgIpc) is 2.86. The smallest absolute Gasteiger partial charge is 0.348 e. The van der Waals surface area contributed by atoms with Crippen molar-refractivity contribution in [1.82, 2.24) is 9.91 Å². The summed E-state index contributed by atoms with van der Waals surface area (Å²) in [7, 11) is 0. The van der Waals surface area contributed by atoms with Gasteiger partial charge in [-0.3, -0.25) is 4.79 Å². The molecule has 0 saturated carbocycles. The Morgan fingerprint density at radius 3 is 2.58 bits per heavy atom. The number of carbonyl (C=O) groups excluding carboxylic acids is 2. The highest BCUT2D eigenvalue weighted by molar-refractivity contribution is 6.21. The molecule has 1 aliphatic rings. The number of hydrazone groups is 1. The molecule has 8 nitrogen and oxygen atoms in total. The standard InChI is InChI=1S/C15H15ClN4O4/c1-10(7-17-20-8-14(21)19(9-16)15(20)22)24-11(2)12-3-5-13(18-23)6-4-12/h3-7,18,23H,1-2,8-9H2/p+1/b17-7+. The summed E-state index contributed by atoms with van der Waals surface area (Å²) >= 11 is 5.52. The molecule has 2 rings (SSSR count). The first kappa shape index (κ1) is 17.7. The van der Waals surface area contributed by atoms with Crippen molar-refractivity contribution in [3.8, 4) is 0 Å². The summed E-state index contributed by atoms with van der Waals surface area (Å²) in [5.41, 5.74) is 2.32. The van der Waals surface area contributed by atoms with Crippen LogP contribution < -0.4 is 5.48 Å². The lowest BCUT2D eigenvalue weighted by Gasteiger charge is -2.11. The van der Waals surface area contributed by atoms with Crippen LogP contribution in [0.1, 0.15) is 5.56 Å². The van der Waals surface area contributed by atoms with Gasteiger partial charge in [-0.05, 0) is 12.1 Å². The van der Waals surface area contributed by atoms with Crippen molar-refractivity contribution in [1.29, 1.82) is 0 Å². The third-order valence-corrected chi connectivity index (χ3v) is 3.37. The molecule has 1 fully saturated rings. The summed E-state index contributed by atoms with van der Waals surface area (Å²) in [5.74, 6) is 0.0355. The molecule has 0 spiro atoms. The molecule has 3 amide bonds. The Kier molecular flexibility index (Phi) is 5.69. The quantitative estimate of drug-likeness (QED) is 0.147. The third kappa shape index (κ3) is 3.99. The largest absolute Gasteiger partial charge is 0.456 e. The molecule has 3 N–H and O–H groups in total. The Labute approximate surface area is 143 Å². The van der Waals surface area contributed by atoms with E-state index in [4.69, 9.17) is 21.5 Å². The van der Waals surface area contributed by atoms with Crippen molar-refractivity contribution in [2.24, 2.45) is 5.10 Å². The molecule has 24 heavy (non-hydrogen) atoms. The molecule has 1 aromatic rings. The van der Waals surface area contributed by atoms with Crippen LogP contribution in [0.4, 0.5) is 10.5 Å². The van der Waals surface area contributed by atoms with Gasteiger partial charge in [-0.25, -0.2) is 19.9 Å². The molecule has 0 bridgehead atoms. The van der Waals surface area contributed by atoms with Crippen LogP contribution in [0.5, 0.6) is 0 Å². The number of urea groups is 1. The Morgan fingerprint density at radius 2 is 2.04 bits per heavy atom. The lowest BCUT2D eigenvalue weighted by Crippen LogP contribution is -2.73. The van der Waals surface area contributed by atoms with Gasteiger partial charge in [0.05, 0.1) is 6.21 Å². The van der Waals surface area contributed by atoms with Crippen LogP contribution in [0.2, 0.25) is 0 Å². The van der Waals surface area contributed by atoms with Gasteiger partial charge < -0.3 is 4.74 Å². The fourth-order valence-corrected chi connectivity index (χ4v) is 2.10. The lowest BCUT2D eigenvalue weighted by atomic mass is 10.2. The first-order chi connectivity index (χ1) is 11.5. The monoisotopic (exact) mass is 351 g/mol. The Bertz CT molecular complexity index is 702. The minimum atomic E-state index is -0.603. The predicted octanol–water partition coefficient (Wildman–Crippen LogP) is 1.22. The van der Waals surface area contributed by atoms with Gasteiger partial charge in [0.2, 0.25) is 0 Å². The molecule has 0 aliphatic carbocycles. The van der Waals surface area contributed by atoms with E-state index in [1.807, 2.05) is 0 Å². The molecule has 9 heteroatoms. The second-order valence-corrected chi connectivity index (χ2v) is 5.01. The minimum absolute atomic E-state index is 0.141. The number of amides is 3. The van der Waals surface area contributed by atoms with Gasteiger partial charge in [0, 0.05) is 17.7 Å². The molecule has 1 aromatic carbocycles. The van der Waals surface area contributed by atoms with E-state index in [9.17, 15) is 9.59 Å². The van der Waals surface area contributed by atoms with Crippen molar-refractivity contribution < 1.29 is 25.0 Å². The van der Waals surface area contributed by atoms with E-state index in [1.54, 1.807) is 24.3 Å². The van der Waals surface area contributed by atoms with E-state index in [2.05, 4.69) is 18.3 Å². The number of allylic oxidation sites excluding steroid dienone is 1. The number of quaternary nitrogens is 1. The van der Waals surface area contributed by atoms with E-state index in [0.717, 1.165) is 15.4 Å². The van der Waals surface area contributed by atoms with Gasteiger partial charge in [0.1, 0.15) is 24.1 Å². The molecule has 0 aromatic heterocycles. The molecule has 1 aliphatic heterocycles. The first-order valence-corrected chi connectivity index (χ1v) is 7.35. The Morgan fingerprint density at radius 1 is 1.38 bits per heavy atom. The second-order valence-electron chi connectivity index (χ2n) is 4.77. The number of rotatable bonds is 7. The van der Waals surface area contributed by atoms with Crippen LogP contribution in [-0.2, 0) is 9.53 Å². The molecule has 0 radical (unpaired) electrons. The third-order valence-electron chi connectivity index (χ3n) is 3.13. The number of benzene rings is 1. The fraction of sp³-hybridized carbons (Fsp3) is 0.133. The van der Waals surface area contributed by atoms with E-state index in [0.29, 0.717) is 17.0 Å². The zero-order valence-corrected chi connectivity index (χ0v) is 13.4. The second kappa shape index (κ2) is 7.73. The van der Waals surface area contributed by atoms with Gasteiger partial charge in [-0.1, -0.05) is 13.2 Å². The summed E-state index contributed by atoms with van der Waals surface area (Å²) in [6, 6.07) is 5.99. The first-order valence-electron chi connectivity index (χ1n) is 6.81. The number of alkyl halides is 1. The molecule has 0 unspecified atom stereocenters. The highest BCUT2D eigenvalue weighted by Gasteiger charge is 2.35. The number of hydrogen-bond acceptors (Lipinski definition) is 5. The van der Waals surface area contributed by atoms with Gasteiger partial charge in [-0.15, -0.1) is 11.6 Å². The number of nitrogens with zero attached hydrogens (tertiary/aromatic N) is 3. The number of carbonyl (C=O) groups is 2. The summed E-state index contributed by atoms with van der Waals surface area (Å²) < 4.78 is 5.41. The van der Waals surface area contributed by atoms with Crippen LogP contribution in [0.15, 0.2) is 48.3 Å². The maximum absolute atomic E-state index is 11.8. The fourth-order valence-electron chi connectivity index (χ4n) is 1.87. The molecule has 0 atom stereocenters. The Balaban J connectivity index is 1.94. The summed E-state index contributed by atoms with van der Waals surface area (Å²) in [5, 5.41) is 13.7. The number of nitrogens with two attached hydrogens (primary N) is 1. The summed E-state index contributed by atoms with van der Waals surface area (Å²) in [6.45, 7) is 7.25. The Hall–Kier alpha value is -2.68. The van der Waals surface area contributed by atoms with E-state index in [-0.39, 0.29) is 18.3 Å². The van der Waals surface area contributed by atoms with Crippen LogP contribution in [-0.4, -0.2) is 45.8 Å². The molecule has 1 saturated heterocycles. The van der Waals surface area contributed by atoms with Crippen LogP contribution in [0, 0.1) is 0 Å². The number of hydrogen-bond donors (Lipinski definition) is 2. The highest BCUT2D eigenvalue weighted by atomic mass is 35.5. The predicted molar refractivity (Wildman–Crippen MR) is 87.2 cm³/mol. The number of imide groups is 1.